The predicted octanol–water partition coefficient (Wildman–Crippen LogP) is 2.65. The van der Waals surface area contributed by atoms with Crippen LogP contribution in [-0.4, -0.2) is 14.3 Å². The Morgan fingerprint density at radius 2 is 2.18 bits per heavy atom. The topological polar surface area (TPSA) is 63.2 Å². The molecule has 0 aliphatic carbocycles. The largest absolute Gasteiger partial charge is 0.349 e. The van der Waals surface area contributed by atoms with Gasteiger partial charge in [0, 0.05) is 22.0 Å². The Morgan fingerprint density at radius 3 is 2.65 bits per heavy atom. The fourth-order valence-corrected chi connectivity index (χ4v) is 3.41. The number of carbonyl (C=O) groups excluding carboxylic acids is 1. The molecule has 0 spiro atoms. The van der Waals surface area contributed by atoms with Gasteiger partial charge in [0.05, 0.1) is 6.04 Å². The predicted molar refractivity (Wildman–Crippen MR) is 68.8 cm³/mol. The van der Waals surface area contributed by atoms with Crippen molar-refractivity contribution in [1.82, 2.24) is 5.32 Å². The van der Waals surface area contributed by atoms with Crippen LogP contribution in [0.4, 0.5) is 0 Å². The van der Waals surface area contributed by atoms with E-state index in [4.69, 9.17) is 10.7 Å². The molecule has 1 heterocycles. The van der Waals surface area contributed by atoms with E-state index in [9.17, 15) is 13.2 Å². The zero-order valence-electron chi connectivity index (χ0n) is 9.57. The molecule has 0 aliphatic rings. The number of thiophene rings is 1. The zero-order valence-corrected chi connectivity index (χ0v) is 12.0. The summed E-state index contributed by atoms with van der Waals surface area (Å²) < 4.78 is 22.3. The van der Waals surface area contributed by atoms with Gasteiger partial charge in [-0.1, -0.05) is 6.92 Å². The zero-order chi connectivity index (χ0) is 13.1. The normalized spacial score (nSPS) is 13.4. The van der Waals surface area contributed by atoms with E-state index >= 15 is 0 Å². The van der Waals surface area contributed by atoms with E-state index in [0.717, 1.165) is 22.6 Å². The number of hydrogen-bond donors (Lipinski definition) is 1. The quantitative estimate of drug-likeness (QED) is 0.849. The molecule has 0 bridgehead atoms. The van der Waals surface area contributed by atoms with Gasteiger partial charge in [0.15, 0.2) is 0 Å². The molecule has 1 aromatic rings. The Morgan fingerprint density at radius 1 is 1.53 bits per heavy atom. The maximum absolute atomic E-state index is 11.4. The number of nitrogens with one attached hydrogen (secondary N) is 1. The van der Waals surface area contributed by atoms with Crippen molar-refractivity contribution in [1.29, 1.82) is 0 Å². The number of halogens is 1. The molecule has 1 atom stereocenters. The third kappa shape index (κ3) is 4.29. The summed E-state index contributed by atoms with van der Waals surface area (Å²) in [6, 6.07) is 2.91. The summed E-state index contributed by atoms with van der Waals surface area (Å²) in [7, 11) is 1.55. The second-order valence-corrected chi connectivity index (χ2v) is 7.54. The molecule has 1 rings (SSSR count). The first-order valence-electron chi connectivity index (χ1n) is 5.18. The van der Waals surface area contributed by atoms with Gasteiger partial charge < -0.3 is 5.32 Å². The highest BCUT2D eigenvalue weighted by molar-refractivity contribution is 8.15. The first-order chi connectivity index (χ1) is 7.84. The molecule has 0 radical (unpaired) electrons. The van der Waals surface area contributed by atoms with Crippen molar-refractivity contribution in [2.24, 2.45) is 0 Å². The van der Waals surface area contributed by atoms with E-state index in [2.05, 4.69) is 5.32 Å². The van der Waals surface area contributed by atoms with Gasteiger partial charge in [-0.2, -0.15) is 0 Å². The lowest BCUT2D eigenvalue weighted by Gasteiger charge is -2.11. The van der Waals surface area contributed by atoms with Crippen LogP contribution in [0.25, 0.3) is 0 Å². The van der Waals surface area contributed by atoms with Crippen LogP contribution in [-0.2, 0) is 13.8 Å². The molecule has 0 fully saturated rings. The van der Waals surface area contributed by atoms with Crippen molar-refractivity contribution >= 4 is 37.0 Å². The van der Waals surface area contributed by atoms with Crippen LogP contribution in [0.2, 0.25) is 0 Å². The molecule has 0 aromatic carbocycles. The highest BCUT2D eigenvalue weighted by Gasteiger charge is 2.17. The molecular formula is C10H14ClNO3S2. The molecule has 1 amide bonds. The fourth-order valence-electron chi connectivity index (χ4n) is 1.31. The molecule has 0 aliphatic heterocycles. The second kappa shape index (κ2) is 5.84. The Labute approximate surface area is 109 Å². The molecule has 1 unspecified atom stereocenters. The lowest BCUT2D eigenvalue weighted by Crippen LogP contribution is -2.25. The van der Waals surface area contributed by atoms with E-state index < -0.39 is 9.05 Å². The molecule has 0 saturated heterocycles. The first-order valence-corrected chi connectivity index (χ1v) is 8.31. The summed E-state index contributed by atoms with van der Waals surface area (Å²) >= 11 is 1.07. The van der Waals surface area contributed by atoms with Gasteiger partial charge in [0.25, 0.3) is 9.05 Å². The van der Waals surface area contributed by atoms with Gasteiger partial charge in [-0.15, -0.1) is 11.3 Å². The smallest absolute Gasteiger partial charge is 0.270 e. The summed E-state index contributed by atoms with van der Waals surface area (Å²) in [5, 5.41) is 2.80. The van der Waals surface area contributed by atoms with E-state index in [1.165, 1.54) is 6.07 Å². The summed E-state index contributed by atoms with van der Waals surface area (Å²) in [4.78, 5) is 12.2. The van der Waals surface area contributed by atoms with Gasteiger partial charge in [-0.3, -0.25) is 4.79 Å². The van der Waals surface area contributed by atoms with Crippen LogP contribution in [0.1, 0.15) is 37.6 Å². The van der Waals surface area contributed by atoms with Crippen LogP contribution in [0, 0.1) is 0 Å². The third-order valence-electron chi connectivity index (χ3n) is 2.12. The van der Waals surface area contributed by atoms with Crippen molar-refractivity contribution in [2.75, 3.05) is 0 Å². The molecule has 7 heteroatoms. The van der Waals surface area contributed by atoms with Crippen molar-refractivity contribution in [2.45, 2.75) is 36.9 Å². The Kier molecular flexibility index (Phi) is 4.97. The van der Waals surface area contributed by atoms with Crippen LogP contribution >= 0.6 is 22.0 Å². The summed E-state index contributed by atoms with van der Waals surface area (Å²) in [5.41, 5.74) is 0. The van der Waals surface area contributed by atoms with Crippen LogP contribution in [0.3, 0.4) is 0 Å². The van der Waals surface area contributed by atoms with E-state index in [-0.39, 0.29) is 16.2 Å². The lowest BCUT2D eigenvalue weighted by atomic mass is 10.2. The van der Waals surface area contributed by atoms with E-state index in [1.54, 1.807) is 6.07 Å². The van der Waals surface area contributed by atoms with Crippen molar-refractivity contribution < 1.29 is 13.2 Å². The molecule has 96 valence electrons. The van der Waals surface area contributed by atoms with Crippen molar-refractivity contribution in [3.63, 3.8) is 0 Å². The Hall–Kier alpha value is -0.590. The summed E-state index contributed by atoms with van der Waals surface area (Å²) in [6.07, 6.45) is 1.25. The van der Waals surface area contributed by atoms with Gasteiger partial charge in [0.2, 0.25) is 5.91 Å². The Balaban J connectivity index is 2.74. The number of hydrogen-bond acceptors (Lipinski definition) is 4. The highest BCUT2D eigenvalue weighted by atomic mass is 35.7. The average molecular weight is 296 g/mol. The van der Waals surface area contributed by atoms with Crippen LogP contribution in [0.15, 0.2) is 16.3 Å². The van der Waals surface area contributed by atoms with Crippen molar-refractivity contribution in [3.05, 3.63) is 17.0 Å². The fraction of sp³-hybridized carbons (Fsp3) is 0.500. The SMILES string of the molecule is CCCC(=O)NC(C)c1ccc(S(=O)(=O)Cl)s1. The molecular weight excluding hydrogens is 282 g/mol. The Bertz CT molecular complexity index is 495. The molecule has 1 N–H and O–H groups in total. The molecule has 4 nitrogen and oxygen atoms in total. The maximum atomic E-state index is 11.4. The van der Waals surface area contributed by atoms with Gasteiger partial charge in [0.1, 0.15) is 4.21 Å². The number of rotatable bonds is 5. The van der Waals surface area contributed by atoms with Crippen LogP contribution in [0.5, 0.6) is 0 Å². The minimum absolute atomic E-state index is 0.0383. The monoisotopic (exact) mass is 295 g/mol. The highest BCUT2D eigenvalue weighted by Crippen LogP contribution is 2.28. The maximum Gasteiger partial charge on any atom is 0.270 e. The molecule has 0 saturated carbocycles. The summed E-state index contributed by atoms with van der Waals surface area (Å²) in [6.45, 7) is 3.73. The van der Waals surface area contributed by atoms with E-state index in [0.29, 0.717) is 6.42 Å². The molecule has 1 aromatic heterocycles. The second-order valence-electron chi connectivity index (χ2n) is 3.63. The van der Waals surface area contributed by atoms with Gasteiger partial charge in [-0.05, 0) is 25.5 Å². The third-order valence-corrected chi connectivity index (χ3v) is 5.48. The standard InChI is InChI=1S/C10H14ClNO3S2/c1-3-4-9(13)12-7(2)8-5-6-10(16-8)17(11,14)15/h5-7H,3-4H2,1-2H3,(H,12,13). The minimum Gasteiger partial charge on any atom is -0.349 e. The lowest BCUT2D eigenvalue weighted by molar-refractivity contribution is -0.121. The van der Waals surface area contributed by atoms with Crippen LogP contribution < -0.4 is 5.32 Å². The van der Waals surface area contributed by atoms with E-state index in [1.807, 2.05) is 13.8 Å². The summed E-state index contributed by atoms with van der Waals surface area (Å²) in [5.74, 6) is -0.0383. The average Bonchev–Trinajstić information content (AvgIpc) is 2.65. The number of amides is 1. The molecule has 17 heavy (non-hydrogen) atoms. The van der Waals surface area contributed by atoms with Gasteiger partial charge in [-0.25, -0.2) is 8.42 Å². The number of carbonyl (C=O) groups is 1. The van der Waals surface area contributed by atoms with Crippen molar-refractivity contribution in [3.8, 4) is 0 Å². The van der Waals surface area contributed by atoms with Gasteiger partial charge >= 0.3 is 0 Å². The first kappa shape index (κ1) is 14.5. The minimum atomic E-state index is -3.68.